The van der Waals surface area contributed by atoms with Crippen LogP contribution in [0.3, 0.4) is 0 Å². The summed E-state index contributed by atoms with van der Waals surface area (Å²) in [4.78, 5) is 33.5. The number of benzene rings is 3. The number of methoxy groups -OCH3 is 1. The van der Waals surface area contributed by atoms with Gasteiger partial charge >= 0.3 is 0 Å². The highest BCUT2D eigenvalue weighted by Gasteiger charge is 2.33. The van der Waals surface area contributed by atoms with Gasteiger partial charge in [-0.15, -0.1) is 11.3 Å². The first-order chi connectivity index (χ1) is 21.3. The number of aromatic nitrogens is 1. The van der Waals surface area contributed by atoms with Gasteiger partial charge in [-0.05, 0) is 66.4 Å². The average Bonchev–Trinajstić information content (AvgIpc) is 3.65. The van der Waals surface area contributed by atoms with Crippen LogP contribution in [-0.4, -0.2) is 17.6 Å². The van der Waals surface area contributed by atoms with Crippen molar-refractivity contribution in [1.29, 1.82) is 0 Å². The molecule has 1 aliphatic heterocycles. The van der Waals surface area contributed by atoms with Gasteiger partial charge in [0.2, 0.25) is 0 Å². The maximum atomic E-state index is 14.1. The van der Waals surface area contributed by atoms with Crippen LogP contribution in [0.25, 0.3) is 6.08 Å². The predicted octanol–water partition coefficient (Wildman–Crippen LogP) is 5.80. The number of para-hydroxylation sites is 1. The maximum absolute atomic E-state index is 14.1. The molecule has 0 aliphatic carbocycles. The number of fused-ring (bicyclic) bond motifs is 1. The Bertz CT molecular complexity index is 2070. The standard InChI is InChI=1S/C33H25F2N3O4S2/c1-19-29(31(39)37-23-7-4-3-5-8-23)30(27-9-6-14-43-27)38-32(40)28(44-33(38)36-19)16-20-10-12-25(41-2)21(15-20)18-42-26-13-11-22(34)17-24(26)35/h3-17,30H,18H2,1-2H3,(H,37,39)/t30-/m1/s1. The SMILES string of the molecule is COc1ccc(C=c2sc3n(c2=O)[C@H](c2cccs2)C(C(=O)Nc2ccccc2)=C(C)N=3)cc1COc1ccc(F)cc1F. The number of anilines is 1. The fourth-order valence-corrected chi connectivity index (χ4v) is 6.82. The van der Waals surface area contributed by atoms with Gasteiger partial charge < -0.3 is 14.8 Å². The number of nitrogens with one attached hydrogen (secondary N) is 1. The molecule has 0 radical (unpaired) electrons. The third-order valence-corrected chi connectivity index (χ3v) is 8.90. The van der Waals surface area contributed by atoms with Crippen LogP contribution in [0.15, 0.2) is 105 Å². The number of allylic oxidation sites excluding steroid dienone is 1. The molecule has 7 nitrogen and oxygen atoms in total. The van der Waals surface area contributed by atoms with Crippen LogP contribution in [0.4, 0.5) is 14.5 Å². The molecule has 3 heterocycles. The van der Waals surface area contributed by atoms with Gasteiger partial charge in [-0.1, -0.05) is 41.7 Å². The Labute approximate surface area is 258 Å². The maximum Gasteiger partial charge on any atom is 0.271 e. The molecule has 1 atom stereocenters. The highest BCUT2D eigenvalue weighted by atomic mass is 32.1. The molecule has 11 heteroatoms. The summed E-state index contributed by atoms with van der Waals surface area (Å²) in [7, 11) is 1.51. The number of hydrogen-bond donors (Lipinski definition) is 1. The highest BCUT2D eigenvalue weighted by Crippen LogP contribution is 2.33. The topological polar surface area (TPSA) is 81.9 Å². The van der Waals surface area contributed by atoms with E-state index >= 15 is 0 Å². The molecule has 0 spiro atoms. The number of halogens is 2. The Morgan fingerprint density at radius 1 is 1.05 bits per heavy atom. The lowest BCUT2D eigenvalue weighted by atomic mass is 10.0. The minimum atomic E-state index is -0.811. The summed E-state index contributed by atoms with van der Waals surface area (Å²) in [5, 5.41) is 4.85. The molecule has 6 rings (SSSR count). The van der Waals surface area contributed by atoms with Gasteiger partial charge in [0.25, 0.3) is 11.5 Å². The van der Waals surface area contributed by atoms with Gasteiger partial charge in [-0.2, -0.15) is 0 Å². The van der Waals surface area contributed by atoms with Crippen LogP contribution in [0.1, 0.15) is 29.0 Å². The zero-order valence-corrected chi connectivity index (χ0v) is 25.2. The van der Waals surface area contributed by atoms with Crippen molar-refractivity contribution in [2.75, 3.05) is 12.4 Å². The van der Waals surface area contributed by atoms with Crippen LogP contribution in [0.2, 0.25) is 0 Å². The molecular weight excluding hydrogens is 605 g/mol. The molecule has 0 unspecified atom stereocenters. The van der Waals surface area contributed by atoms with Crippen molar-refractivity contribution in [2.24, 2.45) is 4.99 Å². The van der Waals surface area contributed by atoms with Crippen molar-refractivity contribution in [3.05, 3.63) is 143 Å². The molecule has 44 heavy (non-hydrogen) atoms. The number of amides is 1. The van der Waals surface area contributed by atoms with Crippen LogP contribution >= 0.6 is 22.7 Å². The molecule has 0 saturated carbocycles. The summed E-state index contributed by atoms with van der Waals surface area (Å²) in [5.74, 6) is -1.43. The number of ether oxygens (including phenoxy) is 2. The number of carbonyl (C=O) groups is 1. The summed E-state index contributed by atoms with van der Waals surface area (Å²) in [5.41, 5.74) is 2.56. The van der Waals surface area contributed by atoms with Gasteiger partial charge in [0.05, 0.1) is 22.9 Å². The number of thiophene rings is 1. The summed E-state index contributed by atoms with van der Waals surface area (Å²) < 4.78 is 40.5. The Morgan fingerprint density at radius 3 is 2.57 bits per heavy atom. The number of rotatable bonds is 8. The molecule has 0 bridgehead atoms. The molecular formula is C33H25F2N3O4S2. The molecule has 2 aromatic heterocycles. The highest BCUT2D eigenvalue weighted by molar-refractivity contribution is 7.10. The molecule has 222 valence electrons. The van der Waals surface area contributed by atoms with E-state index in [1.165, 1.54) is 35.8 Å². The van der Waals surface area contributed by atoms with Crippen molar-refractivity contribution in [1.82, 2.24) is 4.57 Å². The molecule has 0 saturated heterocycles. The Morgan fingerprint density at radius 2 is 1.84 bits per heavy atom. The first-order valence-electron chi connectivity index (χ1n) is 13.5. The van der Waals surface area contributed by atoms with Gasteiger partial charge in [-0.3, -0.25) is 14.2 Å². The van der Waals surface area contributed by atoms with Gasteiger partial charge in [0.15, 0.2) is 16.4 Å². The second-order valence-electron chi connectivity index (χ2n) is 9.85. The van der Waals surface area contributed by atoms with E-state index in [9.17, 15) is 18.4 Å². The molecule has 1 aliphatic rings. The Hall–Kier alpha value is -4.87. The van der Waals surface area contributed by atoms with E-state index in [0.717, 1.165) is 17.0 Å². The Kier molecular flexibility index (Phi) is 8.23. The second-order valence-corrected chi connectivity index (χ2v) is 11.8. The third-order valence-electron chi connectivity index (χ3n) is 6.99. The third kappa shape index (κ3) is 5.84. The average molecular weight is 630 g/mol. The fraction of sp³-hybridized carbons (Fsp3) is 0.121. The lowest BCUT2D eigenvalue weighted by Crippen LogP contribution is -2.40. The quantitative estimate of drug-likeness (QED) is 0.235. The smallest absolute Gasteiger partial charge is 0.271 e. The van der Waals surface area contributed by atoms with Crippen LogP contribution in [-0.2, 0) is 11.4 Å². The predicted molar refractivity (Wildman–Crippen MR) is 167 cm³/mol. The van der Waals surface area contributed by atoms with E-state index in [2.05, 4.69) is 10.3 Å². The van der Waals surface area contributed by atoms with Crippen molar-refractivity contribution >= 4 is 40.3 Å². The van der Waals surface area contributed by atoms with E-state index in [-0.39, 0.29) is 23.8 Å². The normalized spacial score (nSPS) is 14.6. The van der Waals surface area contributed by atoms with Crippen molar-refractivity contribution in [2.45, 2.75) is 19.6 Å². The largest absolute Gasteiger partial charge is 0.496 e. The second kappa shape index (κ2) is 12.4. The number of hydrogen-bond acceptors (Lipinski definition) is 7. The summed E-state index contributed by atoms with van der Waals surface area (Å²) in [6.45, 7) is 1.73. The van der Waals surface area contributed by atoms with E-state index in [1.807, 2.05) is 35.7 Å². The monoisotopic (exact) mass is 629 g/mol. The first kappa shape index (κ1) is 29.2. The number of thiazole rings is 1. The van der Waals surface area contributed by atoms with E-state index in [4.69, 9.17) is 9.47 Å². The van der Waals surface area contributed by atoms with Gasteiger partial charge in [-0.25, -0.2) is 13.8 Å². The van der Waals surface area contributed by atoms with E-state index in [0.29, 0.717) is 43.2 Å². The zero-order valence-electron chi connectivity index (χ0n) is 23.5. The lowest BCUT2D eigenvalue weighted by molar-refractivity contribution is -0.113. The molecule has 1 amide bonds. The van der Waals surface area contributed by atoms with Crippen LogP contribution in [0.5, 0.6) is 11.5 Å². The lowest BCUT2D eigenvalue weighted by Gasteiger charge is -2.24. The Balaban J connectivity index is 1.37. The minimum Gasteiger partial charge on any atom is -0.496 e. The molecule has 0 fully saturated rings. The van der Waals surface area contributed by atoms with Gasteiger partial charge in [0.1, 0.15) is 24.2 Å². The molecule has 1 N–H and O–H groups in total. The zero-order chi connectivity index (χ0) is 30.8. The summed E-state index contributed by atoms with van der Waals surface area (Å²) in [6, 6.07) is 20.7. The number of nitrogens with zero attached hydrogens (tertiary/aromatic N) is 2. The van der Waals surface area contributed by atoms with E-state index in [1.54, 1.807) is 47.9 Å². The first-order valence-corrected chi connectivity index (χ1v) is 15.2. The van der Waals surface area contributed by atoms with Crippen molar-refractivity contribution in [3.63, 3.8) is 0 Å². The summed E-state index contributed by atoms with van der Waals surface area (Å²) in [6.07, 6.45) is 1.74. The number of carbonyl (C=O) groups excluding carboxylic acids is 1. The van der Waals surface area contributed by atoms with Crippen molar-refractivity contribution in [3.8, 4) is 11.5 Å². The minimum absolute atomic E-state index is 0.0495. The van der Waals surface area contributed by atoms with Gasteiger partial charge in [0, 0.05) is 22.2 Å². The van der Waals surface area contributed by atoms with Crippen molar-refractivity contribution < 1.29 is 23.0 Å². The fourth-order valence-electron chi connectivity index (χ4n) is 4.95. The van der Waals surface area contributed by atoms with Crippen LogP contribution in [0, 0.1) is 11.6 Å². The van der Waals surface area contributed by atoms with E-state index < -0.39 is 17.7 Å². The summed E-state index contributed by atoms with van der Waals surface area (Å²) >= 11 is 2.69. The van der Waals surface area contributed by atoms with Crippen LogP contribution < -0.4 is 29.7 Å². The molecule has 5 aromatic rings. The molecule has 3 aromatic carbocycles.